The lowest BCUT2D eigenvalue weighted by Crippen LogP contribution is -2.15. The molecule has 2 nitrogen and oxygen atoms in total. The average molecular weight is 169 g/mol. The van der Waals surface area contributed by atoms with Gasteiger partial charge in [-0.1, -0.05) is 6.92 Å². The Bertz CT molecular complexity index is 158. The normalized spacial score (nSPS) is 13.9. The van der Waals surface area contributed by atoms with Crippen LogP contribution in [0.2, 0.25) is 0 Å². The van der Waals surface area contributed by atoms with E-state index >= 15 is 0 Å². The van der Waals surface area contributed by atoms with Gasteiger partial charge < -0.3 is 4.74 Å². The minimum Gasteiger partial charge on any atom is -0.378 e. The molecule has 0 aliphatic carbocycles. The molecule has 0 heterocycles. The predicted molar refractivity (Wildman–Crippen MR) is 49.7 cm³/mol. The van der Waals surface area contributed by atoms with Crippen molar-refractivity contribution in [1.82, 2.24) is 0 Å². The average Bonchev–Trinajstić information content (AvgIpc) is 2.04. The van der Waals surface area contributed by atoms with Crippen molar-refractivity contribution in [2.24, 2.45) is 5.41 Å². The van der Waals surface area contributed by atoms with Crippen LogP contribution < -0.4 is 0 Å². The molecule has 0 bridgehead atoms. The summed E-state index contributed by atoms with van der Waals surface area (Å²) in [5.74, 6) is 0. The second-order valence-electron chi connectivity index (χ2n) is 3.84. The summed E-state index contributed by atoms with van der Waals surface area (Å²) in [5.41, 5.74) is -0.243. The van der Waals surface area contributed by atoms with Gasteiger partial charge in [-0.05, 0) is 33.6 Å². The lowest BCUT2D eigenvalue weighted by Gasteiger charge is -2.16. The Morgan fingerprint density at radius 1 is 1.50 bits per heavy atom. The zero-order valence-corrected chi connectivity index (χ0v) is 8.55. The van der Waals surface area contributed by atoms with Gasteiger partial charge in [-0.25, -0.2) is 0 Å². The molecule has 1 unspecified atom stereocenters. The largest absolute Gasteiger partial charge is 0.378 e. The molecule has 0 fully saturated rings. The van der Waals surface area contributed by atoms with Crippen LogP contribution in [0.4, 0.5) is 0 Å². The highest BCUT2D eigenvalue weighted by atomic mass is 16.5. The zero-order valence-electron chi connectivity index (χ0n) is 8.55. The van der Waals surface area contributed by atoms with E-state index in [-0.39, 0.29) is 5.41 Å². The second kappa shape index (κ2) is 5.16. The van der Waals surface area contributed by atoms with E-state index in [4.69, 9.17) is 10.00 Å². The van der Waals surface area contributed by atoms with Gasteiger partial charge in [0.05, 0.1) is 17.6 Å². The van der Waals surface area contributed by atoms with Gasteiger partial charge in [-0.2, -0.15) is 5.26 Å². The second-order valence-corrected chi connectivity index (χ2v) is 3.84. The van der Waals surface area contributed by atoms with Crippen molar-refractivity contribution in [2.75, 3.05) is 6.61 Å². The molecule has 0 aromatic rings. The van der Waals surface area contributed by atoms with E-state index in [0.29, 0.717) is 12.7 Å². The van der Waals surface area contributed by atoms with Crippen molar-refractivity contribution in [3.63, 3.8) is 0 Å². The Labute approximate surface area is 75.5 Å². The molecule has 0 aliphatic rings. The van der Waals surface area contributed by atoms with Crippen molar-refractivity contribution in [2.45, 2.75) is 46.6 Å². The smallest absolute Gasteiger partial charge is 0.0684 e. The molecule has 0 saturated heterocycles. The summed E-state index contributed by atoms with van der Waals surface area (Å²) < 4.78 is 5.48. The third kappa shape index (κ3) is 5.15. The molecule has 0 amide bonds. The third-order valence-electron chi connectivity index (χ3n) is 2.01. The molecular formula is C10H19NO. The van der Waals surface area contributed by atoms with Gasteiger partial charge >= 0.3 is 0 Å². The van der Waals surface area contributed by atoms with Crippen molar-refractivity contribution < 1.29 is 4.74 Å². The monoisotopic (exact) mass is 169 g/mol. The van der Waals surface area contributed by atoms with Gasteiger partial charge in [0.1, 0.15) is 0 Å². The maximum Gasteiger partial charge on any atom is 0.0684 e. The SMILES string of the molecule is CCC(C)OCCC(C)(C)C#N. The highest BCUT2D eigenvalue weighted by molar-refractivity contribution is 4.91. The lowest BCUT2D eigenvalue weighted by molar-refractivity contribution is 0.0510. The van der Waals surface area contributed by atoms with E-state index in [1.54, 1.807) is 0 Å². The molecule has 12 heavy (non-hydrogen) atoms. The number of hydrogen-bond donors (Lipinski definition) is 0. The first-order valence-corrected chi connectivity index (χ1v) is 4.54. The zero-order chi connectivity index (χ0) is 9.61. The number of ether oxygens (including phenoxy) is 1. The van der Waals surface area contributed by atoms with Gasteiger partial charge in [0.2, 0.25) is 0 Å². The fourth-order valence-electron chi connectivity index (χ4n) is 0.689. The summed E-state index contributed by atoms with van der Waals surface area (Å²) in [4.78, 5) is 0. The Hall–Kier alpha value is -0.550. The Kier molecular flexibility index (Phi) is 4.92. The van der Waals surface area contributed by atoms with Gasteiger partial charge in [-0.15, -0.1) is 0 Å². The van der Waals surface area contributed by atoms with E-state index in [0.717, 1.165) is 12.8 Å². The van der Waals surface area contributed by atoms with Crippen LogP contribution in [0.5, 0.6) is 0 Å². The minimum atomic E-state index is -0.243. The minimum absolute atomic E-state index is 0.243. The maximum atomic E-state index is 8.71. The van der Waals surface area contributed by atoms with Crippen LogP contribution in [0.1, 0.15) is 40.5 Å². The van der Waals surface area contributed by atoms with Gasteiger partial charge in [0.25, 0.3) is 0 Å². The molecular weight excluding hydrogens is 150 g/mol. The van der Waals surface area contributed by atoms with Crippen molar-refractivity contribution >= 4 is 0 Å². The molecule has 0 aliphatic heterocycles. The Morgan fingerprint density at radius 2 is 2.08 bits per heavy atom. The number of rotatable bonds is 5. The van der Waals surface area contributed by atoms with Crippen molar-refractivity contribution in [3.8, 4) is 6.07 Å². The van der Waals surface area contributed by atoms with E-state index in [9.17, 15) is 0 Å². The summed E-state index contributed by atoms with van der Waals surface area (Å²) in [5, 5.41) is 8.71. The van der Waals surface area contributed by atoms with Crippen molar-refractivity contribution in [1.29, 1.82) is 5.26 Å². The summed E-state index contributed by atoms with van der Waals surface area (Å²) >= 11 is 0. The molecule has 0 aromatic heterocycles. The Balaban J connectivity index is 3.51. The first-order chi connectivity index (χ1) is 5.52. The molecule has 0 rings (SSSR count). The van der Waals surface area contributed by atoms with Gasteiger partial charge in [0, 0.05) is 6.61 Å². The molecule has 0 N–H and O–H groups in total. The molecule has 0 spiro atoms. The van der Waals surface area contributed by atoms with Gasteiger partial charge in [-0.3, -0.25) is 0 Å². The van der Waals surface area contributed by atoms with E-state index in [1.165, 1.54) is 0 Å². The lowest BCUT2D eigenvalue weighted by atomic mass is 9.92. The van der Waals surface area contributed by atoms with Crippen molar-refractivity contribution in [3.05, 3.63) is 0 Å². The Morgan fingerprint density at radius 3 is 2.50 bits per heavy atom. The maximum absolute atomic E-state index is 8.71. The highest BCUT2D eigenvalue weighted by Gasteiger charge is 2.16. The molecule has 0 radical (unpaired) electrons. The highest BCUT2D eigenvalue weighted by Crippen LogP contribution is 2.18. The standard InChI is InChI=1S/C10H19NO/c1-5-9(2)12-7-6-10(3,4)8-11/h9H,5-7H2,1-4H3. The van der Waals surface area contributed by atoms with Crippen LogP contribution >= 0.6 is 0 Å². The molecule has 1 atom stereocenters. The number of nitriles is 1. The number of hydrogen-bond acceptors (Lipinski definition) is 2. The summed E-state index contributed by atoms with van der Waals surface area (Å²) in [6.45, 7) is 8.72. The van der Waals surface area contributed by atoms with Crippen LogP contribution in [0.15, 0.2) is 0 Å². The first-order valence-electron chi connectivity index (χ1n) is 4.54. The third-order valence-corrected chi connectivity index (χ3v) is 2.01. The molecule has 70 valence electrons. The van der Waals surface area contributed by atoms with Crippen LogP contribution in [-0.2, 0) is 4.74 Å². The molecule has 2 heteroatoms. The molecule has 0 saturated carbocycles. The fourth-order valence-corrected chi connectivity index (χ4v) is 0.689. The quantitative estimate of drug-likeness (QED) is 0.634. The fraction of sp³-hybridized carbons (Fsp3) is 0.900. The summed E-state index contributed by atoms with van der Waals surface area (Å²) in [6, 6.07) is 2.25. The van der Waals surface area contributed by atoms with E-state index in [1.807, 2.05) is 13.8 Å². The molecule has 0 aromatic carbocycles. The summed E-state index contributed by atoms with van der Waals surface area (Å²) in [6.07, 6.45) is 2.17. The first kappa shape index (κ1) is 11.4. The van der Waals surface area contributed by atoms with Crippen LogP contribution in [0, 0.1) is 16.7 Å². The van der Waals surface area contributed by atoms with Crippen LogP contribution in [0.3, 0.4) is 0 Å². The van der Waals surface area contributed by atoms with E-state index in [2.05, 4.69) is 19.9 Å². The van der Waals surface area contributed by atoms with E-state index < -0.39 is 0 Å². The van der Waals surface area contributed by atoms with Gasteiger partial charge in [0.15, 0.2) is 0 Å². The summed E-state index contributed by atoms with van der Waals surface area (Å²) in [7, 11) is 0. The predicted octanol–water partition coefficient (Wildman–Crippen LogP) is 2.74. The topological polar surface area (TPSA) is 33.0 Å². The van der Waals surface area contributed by atoms with Crippen LogP contribution in [0.25, 0.3) is 0 Å². The number of nitrogens with zero attached hydrogens (tertiary/aromatic N) is 1. The van der Waals surface area contributed by atoms with Crippen LogP contribution in [-0.4, -0.2) is 12.7 Å².